The van der Waals surface area contributed by atoms with E-state index in [9.17, 15) is 71.2 Å². The van der Waals surface area contributed by atoms with Gasteiger partial charge in [0.1, 0.15) is 67.1 Å². The average Bonchev–Trinajstić information content (AvgIpc) is 3.29. The Hall–Kier alpha value is -1.51. The van der Waals surface area contributed by atoms with Crippen LogP contribution in [0.3, 0.4) is 0 Å². The molecule has 67 heavy (non-hydrogen) atoms. The van der Waals surface area contributed by atoms with Gasteiger partial charge < -0.3 is 94.8 Å². The minimum absolute atomic E-state index is 0.0239. The van der Waals surface area contributed by atoms with Crippen molar-refractivity contribution in [2.75, 3.05) is 19.8 Å². The molecule has 8 rings (SSSR count). The van der Waals surface area contributed by atoms with E-state index in [1.54, 1.807) is 6.92 Å². The Kier molecular flexibility index (Phi) is 14.8. The molecule has 7 fully saturated rings. The SMILES string of the molecule is CC1CC(C(=O)O[C@@H]2OC(CO[C@@H]3OC(CO)C(O[C@@H]4OC(C)C(O)[C@H](O)[C@@H]4O)[C@@H](O)[C@@H]3O)C(O)[C@@H](O)[C@@H]2O)C2CCC3(C)C(=CCC4C3CC(O)C3C(C)(CO)C(O)C(O)CC43C)C2C1C. The average molecular weight is 961 g/mol. The summed E-state index contributed by atoms with van der Waals surface area (Å²) in [5.74, 6) is -1.53. The molecule has 3 heterocycles. The lowest BCUT2D eigenvalue weighted by atomic mass is 9.37. The quantitative estimate of drug-likeness (QED) is 0.0833. The molecule has 5 aliphatic carbocycles. The van der Waals surface area contributed by atoms with E-state index in [0.29, 0.717) is 38.5 Å². The van der Waals surface area contributed by atoms with Gasteiger partial charge in [-0.15, -0.1) is 0 Å². The summed E-state index contributed by atoms with van der Waals surface area (Å²) in [6, 6.07) is 0. The molecule has 20 unspecified atom stereocenters. The van der Waals surface area contributed by atoms with Crippen molar-refractivity contribution < 1.29 is 99.6 Å². The third-order valence-corrected chi connectivity index (χ3v) is 18.7. The molecule has 0 aromatic heterocycles. The van der Waals surface area contributed by atoms with Crippen molar-refractivity contribution in [3.63, 3.8) is 0 Å². The Balaban J connectivity index is 0.941. The lowest BCUT2D eigenvalue weighted by Gasteiger charge is -2.68. The fourth-order valence-corrected chi connectivity index (χ4v) is 14.8. The molecule has 13 N–H and O–H groups in total. The fraction of sp³-hybridized carbons (Fsp3) is 0.936. The molecule has 0 amide bonds. The second-order valence-electron chi connectivity index (χ2n) is 22.4. The highest BCUT2D eigenvalue weighted by atomic mass is 16.8. The van der Waals surface area contributed by atoms with Gasteiger partial charge in [0.15, 0.2) is 12.6 Å². The van der Waals surface area contributed by atoms with Crippen molar-refractivity contribution in [1.29, 1.82) is 0 Å². The molecule has 0 bridgehead atoms. The molecule has 29 atom stereocenters. The number of hydrogen-bond donors (Lipinski definition) is 13. The first kappa shape index (κ1) is 51.8. The van der Waals surface area contributed by atoms with Crippen LogP contribution < -0.4 is 0 Å². The number of fused-ring (bicyclic) bond motifs is 7. The Labute approximate surface area is 390 Å². The molecular formula is C47H76O20. The van der Waals surface area contributed by atoms with Gasteiger partial charge in [-0.2, -0.15) is 0 Å². The summed E-state index contributed by atoms with van der Waals surface area (Å²) in [5.41, 5.74) is -0.763. The maximum absolute atomic E-state index is 14.4. The van der Waals surface area contributed by atoms with E-state index >= 15 is 0 Å². The minimum Gasteiger partial charge on any atom is -0.432 e. The molecule has 0 spiro atoms. The highest BCUT2D eigenvalue weighted by Crippen LogP contribution is 2.70. The standard InChI is InChI=1S/C47H76O20/c1-17-11-21(20-9-10-45(4)23(29(20)18(17)2)8-7-22-24(45)12-25(50)39-46(22,5)13-26(51)40(60)47(39,6)16-49)41(61)67-44-36(58)33(55)31(53)28(65-44)15-62-42-37(59)34(56)38(27(14-48)64-42)66-43-35(57)32(54)30(52)19(3)63-43/h8,17-22,24-40,42-44,48-60H,7,9-16H2,1-6H3/t17?,18?,19?,20?,21?,22?,24?,25?,26?,27?,28?,29?,30?,31?,32-,33+,34-,35-,36-,37-,38?,39?,40?,42+,43-,44-,45?,46?,47?/m0/s1. The van der Waals surface area contributed by atoms with Gasteiger partial charge in [0.2, 0.25) is 6.29 Å². The van der Waals surface area contributed by atoms with Gasteiger partial charge in [0.05, 0.1) is 50.2 Å². The van der Waals surface area contributed by atoms with Crippen LogP contribution in [0.15, 0.2) is 11.6 Å². The Bertz CT molecular complexity index is 1790. The number of ether oxygens (including phenoxy) is 6. The van der Waals surface area contributed by atoms with E-state index < -0.39 is 152 Å². The number of aliphatic hydroxyl groups is 13. The number of hydrogen-bond acceptors (Lipinski definition) is 20. The second kappa shape index (κ2) is 19.2. The second-order valence-corrected chi connectivity index (χ2v) is 22.4. The van der Waals surface area contributed by atoms with Crippen LogP contribution in [0.25, 0.3) is 0 Å². The van der Waals surface area contributed by atoms with Gasteiger partial charge in [-0.25, -0.2) is 0 Å². The van der Waals surface area contributed by atoms with Crippen molar-refractivity contribution in [1.82, 2.24) is 0 Å². The lowest BCUT2D eigenvalue weighted by molar-refractivity contribution is -0.361. The van der Waals surface area contributed by atoms with Gasteiger partial charge in [0, 0.05) is 11.3 Å². The van der Waals surface area contributed by atoms with E-state index in [0.717, 1.165) is 0 Å². The van der Waals surface area contributed by atoms with E-state index in [1.165, 1.54) is 12.5 Å². The van der Waals surface area contributed by atoms with Gasteiger partial charge in [-0.3, -0.25) is 4.79 Å². The predicted molar refractivity (Wildman–Crippen MR) is 228 cm³/mol. The summed E-state index contributed by atoms with van der Waals surface area (Å²) in [4.78, 5) is 14.4. The molecule has 20 nitrogen and oxygen atoms in total. The summed E-state index contributed by atoms with van der Waals surface area (Å²) in [5, 5.41) is 141. The summed E-state index contributed by atoms with van der Waals surface area (Å²) < 4.78 is 34.3. The maximum atomic E-state index is 14.4. The Morgan fingerprint density at radius 3 is 2.04 bits per heavy atom. The maximum Gasteiger partial charge on any atom is 0.311 e. The van der Waals surface area contributed by atoms with Crippen LogP contribution in [0.2, 0.25) is 0 Å². The first-order valence-electron chi connectivity index (χ1n) is 24.3. The fourth-order valence-electron chi connectivity index (χ4n) is 14.8. The summed E-state index contributed by atoms with van der Waals surface area (Å²) in [6.45, 7) is 10.0. The largest absolute Gasteiger partial charge is 0.432 e. The Morgan fingerprint density at radius 2 is 1.37 bits per heavy atom. The molecule has 0 radical (unpaired) electrons. The molecule has 0 aromatic carbocycles. The zero-order valence-electron chi connectivity index (χ0n) is 39.1. The van der Waals surface area contributed by atoms with Crippen molar-refractivity contribution in [2.45, 2.75) is 190 Å². The van der Waals surface area contributed by atoms with Gasteiger partial charge in [-0.05, 0) is 91.8 Å². The van der Waals surface area contributed by atoms with E-state index in [-0.39, 0.29) is 47.5 Å². The number of rotatable bonds is 9. The van der Waals surface area contributed by atoms with Gasteiger partial charge in [-0.1, -0.05) is 46.3 Å². The van der Waals surface area contributed by atoms with Crippen LogP contribution in [0, 0.1) is 63.6 Å². The van der Waals surface area contributed by atoms with Crippen LogP contribution in [-0.2, 0) is 33.2 Å². The molecule has 20 heteroatoms. The van der Waals surface area contributed by atoms with Crippen LogP contribution in [-0.4, -0.2) is 203 Å². The van der Waals surface area contributed by atoms with Crippen molar-refractivity contribution >= 4 is 5.97 Å². The topological polar surface area (TPSA) is 335 Å². The third kappa shape index (κ3) is 8.46. The van der Waals surface area contributed by atoms with Gasteiger partial charge in [0.25, 0.3) is 0 Å². The minimum atomic E-state index is -1.87. The van der Waals surface area contributed by atoms with Crippen LogP contribution in [0.1, 0.15) is 80.1 Å². The van der Waals surface area contributed by atoms with Gasteiger partial charge >= 0.3 is 5.97 Å². The highest BCUT2D eigenvalue weighted by molar-refractivity contribution is 5.73. The van der Waals surface area contributed by atoms with E-state index in [1.807, 2.05) is 0 Å². The zero-order valence-corrected chi connectivity index (χ0v) is 39.1. The first-order chi connectivity index (χ1) is 31.4. The predicted octanol–water partition coefficient (Wildman–Crippen LogP) is -2.60. The molecule has 0 aromatic rings. The zero-order chi connectivity index (χ0) is 49.0. The molecule has 4 saturated carbocycles. The first-order valence-corrected chi connectivity index (χ1v) is 24.3. The highest BCUT2D eigenvalue weighted by Gasteiger charge is 2.68. The third-order valence-electron chi connectivity index (χ3n) is 18.7. The molecule has 8 aliphatic rings. The van der Waals surface area contributed by atoms with Crippen LogP contribution >= 0.6 is 0 Å². The van der Waals surface area contributed by atoms with Crippen molar-refractivity contribution in [3.8, 4) is 0 Å². The number of allylic oxidation sites excluding steroid dienone is 2. The lowest BCUT2D eigenvalue weighted by Crippen LogP contribution is -2.68. The number of esters is 1. The van der Waals surface area contributed by atoms with Crippen molar-refractivity contribution in [3.05, 3.63) is 11.6 Å². The van der Waals surface area contributed by atoms with Crippen LogP contribution in [0.4, 0.5) is 0 Å². The number of carbonyl (C=O) groups is 1. The number of carbonyl (C=O) groups excluding carboxylic acids is 1. The number of aliphatic hydroxyl groups excluding tert-OH is 13. The van der Waals surface area contributed by atoms with E-state index in [4.69, 9.17) is 28.4 Å². The van der Waals surface area contributed by atoms with E-state index in [2.05, 4.69) is 33.8 Å². The monoisotopic (exact) mass is 960 g/mol. The molecular weight excluding hydrogens is 884 g/mol. The Morgan fingerprint density at radius 1 is 0.731 bits per heavy atom. The normalized spacial score (nSPS) is 56.7. The van der Waals surface area contributed by atoms with Crippen molar-refractivity contribution in [2.24, 2.45) is 63.6 Å². The smallest absolute Gasteiger partial charge is 0.311 e. The van der Waals surface area contributed by atoms with Crippen LogP contribution in [0.5, 0.6) is 0 Å². The molecule has 3 saturated heterocycles. The summed E-state index contributed by atoms with van der Waals surface area (Å²) in [6.07, 6.45) is -21.8. The summed E-state index contributed by atoms with van der Waals surface area (Å²) in [7, 11) is 0. The summed E-state index contributed by atoms with van der Waals surface area (Å²) >= 11 is 0. The molecule has 384 valence electrons. The molecule has 3 aliphatic heterocycles.